The second kappa shape index (κ2) is 6.20. The van der Waals surface area contributed by atoms with Gasteiger partial charge in [0.1, 0.15) is 11.9 Å². The molecule has 0 aliphatic heterocycles. The van der Waals surface area contributed by atoms with Crippen LogP contribution in [0.1, 0.15) is 46.8 Å². The summed E-state index contributed by atoms with van der Waals surface area (Å²) in [5, 5.41) is 0. The number of fused-ring (bicyclic) bond motifs is 1. The van der Waals surface area contributed by atoms with Crippen LogP contribution in [-0.4, -0.2) is 6.04 Å². The van der Waals surface area contributed by atoms with Crippen LogP contribution in [0.25, 0.3) is 0 Å². The van der Waals surface area contributed by atoms with Gasteiger partial charge in [-0.2, -0.15) is 0 Å². The first-order chi connectivity index (χ1) is 10.1. The molecule has 1 aromatic carbocycles. The molecule has 2 atom stereocenters. The summed E-state index contributed by atoms with van der Waals surface area (Å²) in [6, 6.07) is 10.8. The lowest BCUT2D eigenvalue weighted by molar-refractivity contribution is 0.184. The molecule has 112 valence electrons. The number of benzene rings is 1. The van der Waals surface area contributed by atoms with E-state index >= 15 is 0 Å². The lowest BCUT2D eigenvalue weighted by Crippen LogP contribution is -2.28. The molecule has 2 unspecified atom stereocenters. The third kappa shape index (κ3) is 3.30. The summed E-state index contributed by atoms with van der Waals surface area (Å²) in [5.74, 6) is 0.948. The topological polar surface area (TPSA) is 35.2 Å². The molecule has 0 bridgehead atoms. The highest BCUT2D eigenvalue weighted by Crippen LogP contribution is 2.31. The van der Waals surface area contributed by atoms with Crippen LogP contribution in [0.4, 0.5) is 0 Å². The highest BCUT2D eigenvalue weighted by molar-refractivity contribution is 7.12. The molecule has 0 amide bonds. The SMILES string of the molecule is Cc1ccc(C(Oc2ccc3c(c2)CCCC3)C(C)N)s1. The standard InChI is InChI=1S/C18H23NOS/c1-12-7-10-17(21-12)18(13(2)19)20-16-9-8-14-5-3-4-6-15(14)11-16/h7-11,13,18H,3-6,19H2,1-2H3. The average Bonchev–Trinajstić information content (AvgIpc) is 2.90. The Morgan fingerprint density at radius 3 is 2.52 bits per heavy atom. The van der Waals surface area contributed by atoms with Crippen molar-refractivity contribution in [1.82, 2.24) is 0 Å². The van der Waals surface area contributed by atoms with Crippen LogP contribution in [-0.2, 0) is 12.8 Å². The molecule has 1 heterocycles. The lowest BCUT2D eigenvalue weighted by atomic mass is 9.92. The van der Waals surface area contributed by atoms with Gasteiger partial charge in [-0.25, -0.2) is 0 Å². The summed E-state index contributed by atoms with van der Waals surface area (Å²) in [4.78, 5) is 2.50. The van der Waals surface area contributed by atoms with E-state index in [0.717, 1.165) is 5.75 Å². The van der Waals surface area contributed by atoms with E-state index in [4.69, 9.17) is 10.5 Å². The Balaban J connectivity index is 1.83. The number of hydrogen-bond acceptors (Lipinski definition) is 3. The summed E-state index contributed by atoms with van der Waals surface area (Å²) in [5.41, 5.74) is 9.08. The van der Waals surface area contributed by atoms with E-state index in [1.807, 2.05) is 6.92 Å². The summed E-state index contributed by atoms with van der Waals surface area (Å²) in [7, 11) is 0. The molecule has 3 heteroatoms. The minimum absolute atomic E-state index is 0.0286. The van der Waals surface area contributed by atoms with Crippen molar-refractivity contribution in [3.63, 3.8) is 0 Å². The number of thiophene rings is 1. The normalized spacial score (nSPS) is 17.1. The van der Waals surface area contributed by atoms with Crippen molar-refractivity contribution in [3.05, 3.63) is 51.2 Å². The van der Waals surface area contributed by atoms with Crippen molar-refractivity contribution >= 4 is 11.3 Å². The summed E-state index contributed by atoms with van der Waals surface area (Å²) >= 11 is 1.77. The van der Waals surface area contributed by atoms with Crippen LogP contribution in [0.5, 0.6) is 5.75 Å². The maximum absolute atomic E-state index is 6.23. The van der Waals surface area contributed by atoms with Crippen LogP contribution >= 0.6 is 11.3 Å². The molecule has 0 saturated heterocycles. The maximum Gasteiger partial charge on any atom is 0.148 e. The van der Waals surface area contributed by atoms with E-state index in [0.29, 0.717) is 0 Å². The van der Waals surface area contributed by atoms with Crippen molar-refractivity contribution in [2.45, 2.75) is 51.7 Å². The first kappa shape index (κ1) is 14.6. The van der Waals surface area contributed by atoms with Gasteiger partial charge in [0, 0.05) is 15.8 Å². The monoisotopic (exact) mass is 301 g/mol. The van der Waals surface area contributed by atoms with Crippen molar-refractivity contribution in [3.8, 4) is 5.75 Å². The van der Waals surface area contributed by atoms with Crippen molar-refractivity contribution in [1.29, 1.82) is 0 Å². The van der Waals surface area contributed by atoms with E-state index in [1.54, 1.807) is 11.3 Å². The quantitative estimate of drug-likeness (QED) is 0.908. The molecule has 0 saturated carbocycles. The summed E-state index contributed by atoms with van der Waals surface area (Å²) in [6.07, 6.45) is 4.91. The molecule has 0 spiro atoms. The largest absolute Gasteiger partial charge is 0.483 e. The maximum atomic E-state index is 6.23. The van der Waals surface area contributed by atoms with Gasteiger partial charge in [-0.15, -0.1) is 11.3 Å². The van der Waals surface area contributed by atoms with E-state index in [1.165, 1.54) is 46.6 Å². The van der Waals surface area contributed by atoms with Gasteiger partial charge in [-0.3, -0.25) is 0 Å². The number of rotatable bonds is 4. The van der Waals surface area contributed by atoms with Crippen LogP contribution in [0.2, 0.25) is 0 Å². The third-order valence-corrected chi connectivity index (χ3v) is 5.16. The van der Waals surface area contributed by atoms with Crippen LogP contribution in [0, 0.1) is 6.92 Å². The Bertz CT molecular complexity index is 617. The number of ether oxygens (including phenoxy) is 1. The first-order valence-corrected chi connectivity index (χ1v) is 8.55. The zero-order chi connectivity index (χ0) is 14.8. The smallest absolute Gasteiger partial charge is 0.148 e. The van der Waals surface area contributed by atoms with Crippen LogP contribution in [0.15, 0.2) is 30.3 Å². The molecule has 1 aliphatic carbocycles. The van der Waals surface area contributed by atoms with Gasteiger partial charge >= 0.3 is 0 Å². The van der Waals surface area contributed by atoms with E-state index in [-0.39, 0.29) is 12.1 Å². The summed E-state index contributed by atoms with van der Waals surface area (Å²) in [6.45, 7) is 4.13. The Hall–Kier alpha value is -1.32. The Labute approximate surface area is 130 Å². The highest BCUT2D eigenvalue weighted by atomic mass is 32.1. The second-order valence-electron chi connectivity index (χ2n) is 5.98. The number of nitrogens with two attached hydrogens (primary N) is 1. The minimum Gasteiger partial charge on any atom is -0.483 e. The number of aryl methyl sites for hydroxylation is 3. The molecule has 0 radical (unpaired) electrons. The molecule has 1 aliphatic rings. The fourth-order valence-corrected chi connectivity index (χ4v) is 3.98. The van der Waals surface area contributed by atoms with Gasteiger partial charge in [0.05, 0.1) is 0 Å². The predicted octanol–water partition coefficient (Wildman–Crippen LogP) is 4.40. The molecular weight excluding hydrogens is 278 g/mol. The second-order valence-corrected chi connectivity index (χ2v) is 7.30. The fraction of sp³-hybridized carbons (Fsp3) is 0.444. The Morgan fingerprint density at radius 1 is 1.10 bits per heavy atom. The van der Waals surface area contributed by atoms with Gasteiger partial charge in [0.15, 0.2) is 0 Å². The predicted molar refractivity (Wildman–Crippen MR) is 89.2 cm³/mol. The van der Waals surface area contributed by atoms with Gasteiger partial charge < -0.3 is 10.5 Å². The Morgan fingerprint density at radius 2 is 1.86 bits per heavy atom. The molecule has 2 nitrogen and oxygen atoms in total. The molecule has 2 N–H and O–H groups in total. The molecular formula is C18H23NOS. The molecule has 2 aromatic rings. The summed E-state index contributed by atoms with van der Waals surface area (Å²) < 4.78 is 6.23. The lowest BCUT2D eigenvalue weighted by Gasteiger charge is -2.23. The van der Waals surface area contributed by atoms with Crippen LogP contribution in [0.3, 0.4) is 0 Å². The van der Waals surface area contributed by atoms with Crippen molar-refractivity contribution in [2.24, 2.45) is 5.73 Å². The van der Waals surface area contributed by atoms with Gasteiger partial charge in [-0.1, -0.05) is 6.07 Å². The van der Waals surface area contributed by atoms with Crippen LogP contribution < -0.4 is 10.5 Å². The highest BCUT2D eigenvalue weighted by Gasteiger charge is 2.20. The molecule has 0 fully saturated rings. The molecule has 1 aromatic heterocycles. The van der Waals surface area contributed by atoms with Crippen molar-refractivity contribution in [2.75, 3.05) is 0 Å². The molecule has 3 rings (SSSR count). The minimum atomic E-state index is -0.0645. The fourth-order valence-electron chi connectivity index (χ4n) is 2.96. The van der Waals surface area contributed by atoms with Gasteiger partial charge in [-0.05, 0) is 74.9 Å². The third-order valence-electron chi connectivity index (χ3n) is 4.10. The van der Waals surface area contributed by atoms with Gasteiger partial charge in [0.2, 0.25) is 0 Å². The zero-order valence-corrected chi connectivity index (χ0v) is 13.6. The Kier molecular flexibility index (Phi) is 4.32. The zero-order valence-electron chi connectivity index (χ0n) is 12.8. The number of hydrogen-bond donors (Lipinski definition) is 1. The average molecular weight is 301 g/mol. The van der Waals surface area contributed by atoms with E-state index in [2.05, 4.69) is 37.3 Å². The van der Waals surface area contributed by atoms with Crippen molar-refractivity contribution < 1.29 is 4.74 Å². The van der Waals surface area contributed by atoms with E-state index in [9.17, 15) is 0 Å². The van der Waals surface area contributed by atoms with E-state index < -0.39 is 0 Å². The first-order valence-electron chi connectivity index (χ1n) is 7.74. The molecule has 21 heavy (non-hydrogen) atoms. The van der Waals surface area contributed by atoms with Gasteiger partial charge in [0.25, 0.3) is 0 Å².